The molecule has 2 aromatic rings. The number of pyridine rings is 1. The molecule has 29 heavy (non-hydrogen) atoms. The molecule has 0 N–H and O–H groups in total. The molecule has 2 aromatic heterocycles. The van der Waals surface area contributed by atoms with E-state index in [0.29, 0.717) is 24.4 Å². The Morgan fingerprint density at radius 1 is 1.31 bits per heavy atom. The van der Waals surface area contributed by atoms with Crippen LogP contribution in [-0.2, 0) is 20.7 Å². The molecule has 1 atom stereocenters. The smallest absolute Gasteiger partial charge is 0.305 e. The Balaban J connectivity index is 2.06. The lowest BCUT2D eigenvalue weighted by atomic mass is 10.0. The molecule has 0 radical (unpaired) electrons. The zero-order valence-electron chi connectivity index (χ0n) is 17.5. The Morgan fingerprint density at radius 2 is 2.07 bits per heavy atom. The van der Waals surface area contributed by atoms with Gasteiger partial charge in [0.25, 0.3) is 0 Å². The van der Waals surface area contributed by atoms with Gasteiger partial charge >= 0.3 is 5.97 Å². The molecule has 0 saturated carbocycles. The quantitative estimate of drug-likeness (QED) is 0.692. The Kier molecular flexibility index (Phi) is 6.10. The minimum absolute atomic E-state index is 0.0488. The normalized spacial score (nSPS) is 16.2. The molecule has 1 aliphatic rings. The number of amides is 1. The fraction of sp³-hybridized carbons (Fsp3) is 0.476. The van der Waals surface area contributed by atoms with Crippen LogP contribution in [0.15, 0.2) is 24.7 Å². The van der Waals surface area contributed by atoms with Gasteiger partial charge in [-0.05, 0) is 38.3 Å². The van der Waals surface area contributed by atoms with Crippen LogP contribution in [0.2, 0.25) is 0 Å². The van der Waals surface area contributed by atoms with E-state index in [9.17, 15) is 9.59 Å². The van der Waals surface area contributed by atoms with E-state index < -0.39 is 0 Å². The van der Waals surface area contributed by atoms with Gasteiger partial charge in [0, 0.05) is 37.5 Å². The number of nitrogens with zero attached hydrogens (tertiary/aromatic N) is 5. The number of likely N-dealkylation sites (N-methyl/N-ethyl adjacent to an activating group) is 1. The summed E-state index contributed by atoms with van der Waals surface area (Å²) >= 11 is 0. The number of hydrogen-bond donors (Lipinski definition) is 0. The number of methoxy groups -OCH3 is 1. The average molecular weight is 397 g/mol. The average Bonchev–Trinajstić information content (AvgIpc) is 2.73. The Hall–Kier alpha value is -3.03. The minimum atomic E-state index is -0.275. The molecule has 0 aliphatic carbocycles. The van der Waals surface area contributed by atoms with Crippen molar-refractivity contribution in [3.63, 3.8) is 0 Å². The zero-order chi connectivity index (χ0) is 21.1. The van der Waals surface area contributed by atoms with Crippen molar-refractivity contribution in [2.45, 2.75) is 52.1 Å². The maximum absolute atomic E-state index is 12.8. The fourth-order valence-corrected chi connectivity index (χ4v) is 3.69. The maximum atomic E-state index is 12.8. The number of ether oxygens (including phenoxy) is 1. The molecule has 0 saturated heterocycles. The van der Waals surface area contributed by atoms with Gasteiger partial charge in [-0.2, -0.15) is 0 Å². The third kappa shape index (κ3) is 3.92. The van der Waals surface area contributed by atoms with E-state index >= 15 is 0 Å². The van der Waals surface area contributed by atoms with Gasteiger partial charge in [-0.25, -0.2) is 9.97 Å². The van der Waals surface area contributed by atoms with Crippen LogP contribution in [0, 0.1) is 0 Å². The van der Waals surface area contributed by atoms with Crippen LogP contribution in [-0.4, -0.2) is 53.1 Å². The van der Waals surface area contributed by atoms with E-state index in [4.69, 9.17) is 9.72 Å². The van der Waals surface area contributed by atoms with Crippen molar-refractivity contribution in [1.82, 2.24) is 15.0 Å². The highest BCUT2D eigenvalue weighted by Crippen LogP contribution is 2.37. The highest BCUT2D eigenvalue weighted by molar-refractivity contribution is 6.04. The molecule has 0 unspecified atom stereocenters. The van der Waals surface area contributed by atoms with E-state index in [1.54, 1.807) is 30.5 Å². The molecule has 1 amide bonds. The summed E-state index contributed by atoms with van der Waals surface area (Å²) in [6.45, 7) is 6.12. The van der Waals surface area contributed by atoms with Crippen molar-refractivity contribution in [3.05, 3.63) is 30.2 Å². The van der Waals surface area contributed by atoms with E-state index in [0.717, 1.165) is 16.9 Å². The second-order valence-electron chi connectivity index (χ2n) is 7.33. The molecule has 0 bridgehead atoms. The molecule has 0 spiro atoms. The predicted molar refractivity (Wildman–Crippen MR) is 111 cm³/mol. The van der Waals surface area contributed by atoms with E-state index in [2.05, 4.69) is 28.7 Å². The second kappa shape index (κ2) is 8.55. The molecule has 0 aromatic carbocycles. The number of anilines is 2. The first-order valence-corrected chi connectivity index (χ1v) is 9.82. The number of carbonyl (C=O) groups excluding carboxylic acids is 2. The van der Waals surface area contributed by atoms with Gasteiger partial charge in [0.15, 0.2) is 11.6 Å². The van der Waals surface area contributed by atoms with Gasteiger partial charge in [0.2, 0.25) is 5.91 Å². The fourth-order valence-electron chi connectivity index (χ4n) is 3.69. The SMILES string of the molecule is CC[C@@H]1C(=O)N(C)c2cnc(-c3ccncc3CCC(=O)OC)nc2N1C(C)C. The molecular weight excluding hydrogens is 370 g/mol. The molecular formula is C21H27N5O3. The summed E-state index contributed by atoms with van der Waals surface area (Å²) in [7, 11) is 3.14. The summed E-state index contributed by atoms with van der Waals surface area (Å²) in [5.41, 5.74) is 2.39. The number of rotatable bonds is 6. The molecule has 0 fully saturated rings. The Morgan fingerprint density at radius 3 is 2.72 bits per heavy atom. The molecule has 1 aliphatic heterocycles. The van der Waals surface area contributed by atoms with Crippen LogP contribution >= 0.6 is 0 Å². The number of aromatic nitrogens is 3. The monoisotopic (exact) mass is 397 g/mol. The molecule has 3 heterocycles. The zero-order valence-corrected chi connectivity index (χ0v) is 17.5. The van der Waals surface area contributed by atoms with Gasteiger partial charge in [-0.3, -0.25) is 14.6 Å². The van der Waals surface area contributed by atoms with Crippen LogP contribution in [0.3, 0.4) is 0 Å². The first-order chi connectivity index (χ1) is 13.9. The molecule has 8 nitrogen and oxygen atoms in total. The first kappa shape index (κ1) is 20.7. The van der Waals surface area contributed by atoms with E-state index in [-0.39, 0.29) is 30.4 Å². The van der Waals surface area contributed by atoms with Crippen LogP contribution < -0.4 is 9.80 Å². The lowest BCUT2D eigenvalue weighted by Crippen LogP contribution is -2.54. The number of hydrogen-bond acceptors (Lipinski definition) is 7. The molecule has 8 heteroatoms. The second-order valence-corrected chi connectivity index (χ2v) is 7.33. The van der Waals surface area contributed by atoms with Gasteiger partial charge in [-0.15, -0.1) is 0 Å². The first-order valence-electron chi connectivity index (χ1n) is 9.82. The van der Waals surface area contributed by atoms with Crippen molar-refractivity contribution in [2.75, 3.05) is 24.0 Å². The molecule has 154 valence electrons. The molecule has 3 rings (SSSR count). The third-order valence-corrected chi connectivity index (χ3v) is 5.22. The third-order valence-electron chi connectivity index (χ3n) is 5.22. The topological polar surface area (TPSA) is 88.5 Å². The summed E-state index contributed by atoms with van der Waals surface area (Å²) in [5, 5.41) is 0. The van der Waals surface area contributed by atoms with Gasteiger partial charge in [0.1, 0.15) is 11.7 Å². The summed E-state index contributed by atoms with van der Waals surface area (Å²) < 4.78 is 4.74. The van der Waals surface area contributed by atoms with E-state index in [1.807, 2.05) is 13.0 Å². The summed E-state index contributed by atoms with van der Waals surface area (Å²) in [5.74, 6) is 1.07. The van der Waals surface area contributed by atoms with Crippen LogP contribution in [0.4, 0.5) is 11.5 Å². The van der Waals surface area contributed by atoms with Crippen molar-refractivity contribution in [1.29, 1.82) is 0 Å². The van der Waals surface area contributed by atoms with E-state index in [1.165, 1.54) is 7.11 Å². The van der Waals surface area contributed by atoms with Crippen molar-refractivity contribution < 1.29 is 14.3 Å². The summed E-state index contributed by atoms with van der Waals surface area (Å²) in [6.07, 6.45) is 6.55. The maximum Gasteiger partial charge on any atom is 0.305 e. The highest BCUT2D eigenvalue weighted by Gasteiger charge is 2.38. The van der Waals surface area contributed by atoms with Crippen molar-refractivity contribution in [3.8, 4) is 11.4 Å². The number of esters is 1. The number of fused-ring (bicyclic) bond motifs is 1. The van der Waals surface area contributed by atoms with Gasteiger partial charge in [-0.1, -0.05) is 6.92 Å². The van der Waals surface area contributed by atoms with Crippen molar-refractivity contribution in [2.24, 2.45) is 0 Å². The van der Waals surface area contributed by atoms with Crippen LogP contribution in [0.25, 0.3) is 11.4 Å². The summed E-state index contributed by atoms with van der Waals surface area (Å²) in [6, 6.07) is 1.70. The van der Waals surface area contributed by atoms with Crippen LogP contribution in [0.1, 0.15) is 39.2 Å². The predicted octanol–water partition coefficient (Wildman–Crippen LogP) is 2.61. The minimum Gasteiger partial charge on any atom is -0.469 e. The number of aryl methyl sites for hydroxylation is 1. The highest BCUT2D eigenvalue weighted by atomic mass is 16.5. The Bertz CT molecular complexity index is 915. The lowest BCUT2D eigenvalue weighted by molar-refractivity contribution is -0.140. The van der Waals surface area contributed by atoms with Crippen LogP contribution in [0.5, 0.6) is 0 Å². The Labute approximate surface area is 170 Å². The van der Waals surface area contributed by atoms with Gasteiger partial charge in [0.05, 0.1) is 13.3 Å². The largest absolute Gasteiger partial charge is 0.469 e. The lowest BCUT2D eigenvalue weighted by Gasteiger charge is -2.42. The van der Waals surface area contributed by atoms with Crippen molar-refractivity contribution >= 4 is 23.4 Å². The summed E-state index contributed by atoms with van der Waals surface area (Å²) in [4.78, 5) is 41.6. The van der Waals surface area contributed by atoms with Gasteiger partial charge < -0.3 is 14.5 Å². The standard InChI is InChI=1S/C21H27N5O3/c1-6-16-21(28)25(4)17-12-23-19(24-20(17)26(16)13(2)3)15-9-10-22-11-14(15)7-8-18(27)29-5/h9-13,16H,6-8H2,1-5H3/t16-/m1/s1. The number of carbonyl (C=O) groups is 2.